The molecule has 0 radical (unpaired) electrons. The van der Waals surface area contributed by atoms with Crippen molar-refractivity contribution in [3.05, 3.63) is 0 Å². The van der Waals surface area contributed by atoms with Gasteiger partial charge in [0.2, 0.25) is 17.7 Å². The molecule has 6 nitrogen and oxygen atoms in total. The summed E-state index contributed by atoms with van der Waals surface area (Å²) >= 11 is 0. The van der Waals surface area contributed by atoms with Crippen LogP contribution in [0.2, 0.25) is 0 Å². The normalized spacial score (nSPS) is 32.3. The summed E-state index contributed by atoms with van der Waals surface area (Å²) in [5, 5.41) is 8.30. The van der Waals surface area contributed by atoms with Crippen LogP contribution in [-0.2, 0) is 14.4 Å². The predicted octanol–water partition coefficient (Wildman–Crippen LogP) is 1.35. The maximum absolute atomic E-state index is 12.8. The second-order valence-electron chi connectivity index (χ2n) is 8.33. The molecule has 0 aromatic rings. The maximum atomic E-state index is 12.8. The fourth-order valence-corrected chi connectivity index (χ4v) is 5.46. The Morgan fingerprint density at radius 2 is 1.44 bits per heavy atom. The molecule has 4 aliphatic rings. The quantitative estimate of drug-likeness (QED) is 0.618. The van der Waals surface area contributed by atoms with Crippen LogP contribution >= 0.6 is 0 Å². The zero-order valence-electron chi connectivity index (χ0n) is 15.2. The van der Waals surface area contributed by atoms with Crippen LogP contribution in [0.5, 0.6) is 0 Å². The SMILES string of the molecule is CCCNC(=O)CNC(=O)CCNC(=O)C12CC3CC(CC(C3)C1)C2. The second-order valence-corrected chi connectivity index (χ2v) is 8.33. The van der Waals surface area contributed by atoms with Crippen molar-refractivity contribution in [1.82, 2.24) is 16.0 Å². The molecule has 140 valence electrons. The van der Waals surface area contributed by atoms with Crippen LogP contribution < -0.4 is 16.0 Å². The lowest BCUT2D eigenvalue weighted by Crippen LogP contribution is -2.53. The highest BCUT2D eigenvalue weighted by molar-refractivity contribution is 5.86. The summed E-state index contributed by atoms with van der Waals surface area (Å²) in [5.74, 6) is 2.00. The monoisotopic (exact) mass is 349 g/mol. The third-order valence-corrected chi connectivity index (χ3v) is 6.18. The van der Waals surface area contributed by atoms with E-state index in [1.54, 1.807) is 0 Å². The Kier molecular flexibility index (Phi) is 5.64. The van der Waals surface area contributed by atoms with Crippen LogP contribution in [-0.4, -0.2) is 37.4 Å². The summed E-state index contributed by atoms with van der Waals surface area (Å²) in [6.07, 6.45) is 8.15. The van der Waals surface area contributed by atoms with Gasteiger partial charge < -0.3 is 16.0 Å². The van der Waals surface area contributed by atoms with Gasteiger partial charge in [-0.05, 0) is 62.7 Å². The summed E-state index contributed by atoms with van der Waals surface area (Å²) in [7, 11) is 0. The molecule has 0 unspecified atom stereocenters. The van der Waals surface area contributed by atoms with Crippen molar-refractivity contribution in [1.29, 1.82) is 0 Å². The number of amides is 3. The van der Waals surface area contributed by atoms with E-state index in [-0.39, 0.29) is 36.1 Å². The fourth-order valence-electron chi connectivity index (χ4n) is 5.46. The molecule has 0 spiro atoms. The van der Waals surface area contributed by atoms with Gasteiger partial charge in [0.15, 0.2) is 0 Å². The molecule has 4 saturated carbocycles. The summed E-state index contributed by atoms with van der Waals surface area (Å²) in [5.41, 5.74) is -0.161. The first kappa shape index (κ1) is 18.2. The Morgan fingerprint density at radius 1 is 0.840 bits per heavy atom. The van der Waals surface area contributed by atoms with Crippen LogP contribution in [0.1, 0.15) is 58.3 Å². The van der Waals surface area contributed by atoms with Crippen molar-refractivity contribution < 1.29 is 14.4 Å². The Bertz CT molecular complexity index is 497. The van der Waals surface area contributed by atoms with Crippen molar-refractivity contribution in [2.75, 3.05) is 19.6 Å². The highest BCUT2D eigenvalue weighted by atomic mass is 16.2. The van der Waals surface area contributed by atoms with E-state index >= 15 is 0 Å². The standard InChI is InChI=1S/C19H31N3O3/c1-2-4-20-17(24)12-22-16(23)3-5-21-18(25)19-9-13-6-14(10-19)8-15(7-13)11-19/h13-15H,2-12H2,1H3,(H,20,24)(H,21,25)(H,22,23). The molecule has 6 heteroatoms. The molecule has 25 heavy (non-hydrogen) atoms. The number of hydrogen-bond donors (Lipinski definition) is 3. The highest BCUT2D eigenvalue weighted by Gasteiger charge is 2.54. The summed E-state index contributed by atoms with van der Waals surface area (Å²) in [6.45, 7) is 2.95. The fraction of sp³-hybridized carbons (Fsp3) is 0.842. The van der Waals surface area contributed by atoms with E-state index in [2.05, 4.69) is 16.0 Å². The van der Waals surface area contributed by atoms with Gasteiger partial charge in [0.1, 0.15) is 0 Å². The van der Waals surface area contributed by atoms with Gasteiger partial charge in [0, 0.05) is 24.9 Å². The molecule has 4 bridgehead atoms. The summed E-state index contributed by atoms with van der Waals surface area (Å²) in [4.78, 5) is 36.0. The number of rotatable bonds is 8. The van der Waals surface area contributed by atoms with Gasteiger partial charge in [0.05, 0.1) is 6.54 Å². The van der Waals surface area contributed by atoms with Gasteiger partial charge >= 0.3 is 0 Å². The van der Waals surface area contributed by atoms with Crippen LogP contribution in [0.25, 0.3) is 0 Å². The molecule has 0 aromatic carbocycles. The minimum Gasteiger partial charge on any atom is -0.355 e. The van der Waals surface area contributed by atoms with Crippen LogP contribution in [0.15, 0.2) is 0 Å². The second kappa shape index (κ2) is 7.75. The molecule has 4 rings (SSSR count). The van der Waals surface area contributed by atoms with Crippen LogP contribution in [0.4, 0.5) is 0 Å². The molecular formula is C19H31N3O3. The molecule has 4 aliphatic carbocycles. The molecule has 3 amide bonds. The zero-order chi connectivity index (χ0) is 17.9. The molecule has 4 fully saturated rings. The first-order valence-electron chi connectivity index (χ1n) is 9.82. The number of carbonyl (C=O) groups is 3. The third-order valence-electron chi connectivity index (χ3n) is 6.18. The van der Waals surface area contributed by atoms with Crippen molar-refractivity contribution in [3.8, 4) is 0 Å². The Hall–Kier alpha value is -1.59. The van der Waals surface area contributed by atoms with E-state index in [1.165, 1.54) is 19.3 Å². The Morgan fingerprint density at radius 3 is 2.00 bits per heavy atom. The lowest BCUT2D eigenvalue weighted by atomic mass is 9.49. The van der Waals surface area contributed by atoms with E-state index in [0.29, 0.717) is 13.1 Å². The van der Waals surface area contributed by atoms with Gasteiger partial charge in [0.25, 0.3) is 0 Å². The maximum Gasteiger partial charge on any atom is 0.239 e. The lowest BCUT2D eigenvalue weighted by Gasteiger charge is -2.55. The smallest absolute Gasteiger partial charge is 0.239 e. The number of nitrogens with one attached hydrogen (secondary N) is 3. The largest absolute Gasteiger partial charge is 0.355 e. The van der Waals surface area contributed by atoms with Gasteiger partial charge in [-0.3, -0.25) is 14.4 Å². The third kappa shape index (κ3) is 4.33. The first-order valence-corrected chi connectivity index (χ1v) is 9.82. The van der Waals surface area contributed by atoms with E-state index in [4.69, 9.17) is 0 Å². The van der Waals surface area contributed by atoms with Crippen molar-refractivity contribution in [2.45, 2.75) is 58.3 Å². The van der Waals surface area contributed by atoms with E-state index in [1.807, 2.05) is 6.92 Å². The van der Waals surface area contributed by atoms with Gasteiger partial charge in [-0.15, -0.1) is 0 Å². The number of carbonyl (C=O) groups excluding carboxylic acids is 3. The lowest BCUT2D eigenvalue weighted by molar-refractivity contribution is -0.146. The van der Waals surface area contributed by atoms with E-state index < -0.39 is 0 Å². The molecule has 0 atom stereocenters. The van der Waals surface area contributed by atoms with Crippen molar-refractivity contribution >= 4 is 17.7 Å². The Labute approximate surface area is 149 Å². The predicted molar refractivity (Wildman–Crippen MR) is 94.5 cm³/mol. The average molecular weight is 349 g/mol. The molecule has 0 heterocycles. The summed E-state index contributed by atoms with van der Waals surface area (Å²) in [6, 6.07) is 0. The van der Waals surface area contributed by atoms with E-state index in [9.17, 15) is 14.4 Å². The first-order chi connectivity index (χ1) is 12.0. The van der Waals surface area contributed by atoms with Crippen LogP contribution in [0.3, 0.4) is 0 Å². The van der Waals surface area contributed by atoms with Gasteiger partial charge in [-0.25, -0.2) is 0 Å². The molecule has 0 aromatic heterocycles. The Balaban J connectivity index is 1.37. The highest BCUT2D eigenvalue weighted by Crippen LogP contribution is 2.60. The molecule has 0 aliphatic heterocycles. The zero-order valence-corrected chi connectivity index (χ0v) is 15.2. The summed E-state index contributed by atoms with van der Waals surface area (Å²) < 4.78 is 0. The van der Waals surface area contributed by atoms with Crippen molar-refractivity contribution in [3.63, 3.8) is 0 Å². The number of hydrogen-bond acceptors (Lipinski definition) is 3. The van der Waals surface area contributed by atoms with Gasteiger partial charge in [-0.1, -0.05) is 6.92 Å². The molecule has 0 saturated heterocycles. The van der Waals surface area contributed by atoms with Crippen molar-refractivity contribution in [2.24, 2.45) is 23.2 Å². The van der Waals surface area contributed by atoms with Gasteiger partial charge in [-0.2, -0.15) is 0 Å². The average Bonchev–Trinajstić information content (AvgIpc) is 2.56. The van der Waals surface area contributed by atoms with E-state index in [0.717, 1.165) is 43.4 Å². The molecule has 3 N–H and O–H groups in total. The topological polar surface area (TPSA) is 87.3 Å². The molecular weight excluding hydrogens is 318 g/mol. The minimum absolute atomic E-state index is 0.00174. The van der Waals surface area contributed by atoms with Crippen LogP contribution in [0, 0.1) is 23.2 Å². The minimum atomic E-state index is -0.197.